The molecular formula is C29H31N3O6. The normalized spacial score (nSPS) is 14.8. The minimum atomic E-state index is -0.744. The fourth-order valence-corrected chi connectivity index (χ4v) is 4.44. The van der Waals surface area contributed by atoms with Gasteiger partial charge in [-0.15, -0.1) is 0 Å². The minimum absolute atomic E-state index is 0.105. The van der Waals surface area contributed by atoms with Crippen LogP contribution in [0.25, 0.3) is 0 Å². The summed E-state index contributed by atoms with van der Waals surface area (Å²) in [6.07, 6.45) is 0.536. The lowest BCUT2D eigenvalue weighted by Crippen LogP contribution is -2.43. The van der Waals surface area contributed by atoms with E-state index in [1.807, 2.05) is 69.3 Å². The van der Waals surface area contributed by atoms with E-state index in [4.69, 9.17) is 9.47 Å². The summed E-state index contributed by atoms with van der Waals surface area (Å²) in [5, 5.41) is 14.4. The third-order valence-electron chi connectivity index (χ3n) is 6.38. The molecule has 2 amide bonds. The lowest BCUT2D eigenvalue weighted by Gasteiger charge is -2.23. The highest BCUT2D eigenvalue weighted by atomic mass is 16.6. The van der Waals surface area contributed by atoms with E-state index in [1.54, 1.807) is 6.07 Å². The number of benzene rings is 3. The van der Waals surface area contributed by atoms with Crippen molar-refractivity contribution in [1.82, 2.24) is 4.90 Å². The number of hydrogen-bond acceptors (Lipinski definition) is 6. The van der Waals surface area contributed by atoms with Crippen molar-refractivity contribution in [3.63, 3.8) is 0 Å². The zero-order chi connectivity index (χ0) is 27.2. The van der Waals surface area contributed by atoms with Crippen LogP contribution in [0.3, 0.4) is 0 Å². The van der Waals surface area contributed by atoms with Crippen LogP contribution in [0.5, 0.6) is 11.5 Å². The average molecular weight is 518 g/mol. The van der Waals surface area contributed by atoms with E-state index in [9.17, 15) is 19.7 Å². The Morgan fingerprint density at radius 1 is 1.11 bits per heavy atom. The number of carbonyl (C=O) groups excluding carboxylic acids is 2. The van der Waals surface area contributed by atoms with Gasteiger partial charge in [0.15, 0.2) is 0 Å². The van der Waals surface area contributed by atoms with Gasteiger partial charge in [0.05, 0.1) is 16.7 Å². The van der Waals surface area contributed by atoms with Gasteiger partial charge in [0, 0.05) is 18.7 Å². The molecular weight excluding hydrogens is 486 g/mol. The molecule has 1 saturated heterocycles. The van der Waals surface area contributed by atoms with Gasteiger partial charge < -0.3 is 14.8 Å². The van der Waals surface area contributed by atoms with E-state index in [0.717, 1.165) is 16.7 Å². The van der Waals surface area contributed by atoms with Crippen molar-refractivity contribution < 1.29 is 24.0 Å². The zero-order valence-electron chi connectivity index (χ0n) is 21.7. The number of hydrogen-bond donors (Lipinski definition) is 1. The Morgan fingerprint density at radius 3 is 2.58 bits per heavy atom. The third-order valence-corrected chi connectivity index (χ3v) is 6.38. The van der Waals surface area contributed by atoms with Gasteiger partial charge in [0.25, 0.3) is 5.69 Å². The smallest absolute Gasteiger partial charge is 0.410 e. The summed E-state index contributed by atoms with van der Waals surface area (Å²) in [6.45, 7) is 6.51. The second-order valence-electron chi connectivity index (χ2n) is 9.65. The summed E-state index contributed by atoms with van der Waals surface area (Å²) in [5.41, 5.74) is 2.79. The van der Waals surface area contributed by atoms with Crippen molar-refractivity contribution in [2.75, 3.05) is 11.9 Å². The first-order chi connectivity index (χ1) is 18.2. The molecule has 0 spiro atoms. The SMILES string of the molecule is Cc1ccc(C(C)C)c(Oc2cc(NC(=O)C3CCCN3C(=O)OCc3ccccc3)cc([N+](=O)[O-])c2)c1. The van der Waals surface area contributed by atoms with Gasteiger partial charge >= 0.3 is 6.09 Å². The Balaban J connectivity index is 1.50. The molecule has 38 heavy (non-hydrogen) atoms. The molecule has 9 nitrogen and oxygen atoms in total. The van der Waals surface area contributed by atoms with Crippen LogP contribution in [0.4, 0.5) is 16.2 Å². The largest absolute Gasteiger partial charge is 0.457 e. The summed E-state index contributed by atoms with van der Waals surface area (Å²) in [7, 11) is 0. The van der Waals surface area contributed by atoms with E-state index in [-0.39, 0.29) is 29.6 Å². The Bertz CT molecular complexity index is 1330. The van der Waals surface area contributed by atoms with Gasteiger partial charge in [-0.1, -0.05) is 56.3 Å². The summed E-state index contributed by atoms with van der Waals surface area (Å²) in [5.74, 6) is 0.566. The molecule has 1 atom stereocenters. The lowest BCUT2D eigenvalue weighted by molar-refractivity contribution is -0.384. The number of anilines is 1. The number of nitrogens with one attached hydrogen (secondary N) is 1. The topological polar surface area (TPSA) is 111 Å². The Hall–Kier alpha value is -4.40. The van der Waals surface area contributed by atoms with Crippen molar-refractivity contribution in [2.24, 2.45) is 0 Å². The van der Waals surface area contributed by atoms with Gasteiger partial charge in [-0.05, 0) is 48.4 Å². The number of amides is 2. The third kappa shape index (κ3) is 6.47. The van der Waals surface area contributed by atoms with E-state index < -0.39 is 23.0 Å². The number of ether oxygens (including phenoxy) is 2. The molecule has 198 valence electrons. The minimum Gasteiger partial charge on any atom is -0.457 e. The molecule has 0 saturated carbocycles. The molecule has 3 aromatic rings. The van der Waals surface area contributed by atoms with Crippen LogP contribution in [0, 0.1) is 17.0 Å². The standard InChI is InChI=1S/C29H31N3O6/c1-19(2)25-12-11-20(3)14-27(25)38-24-16-22(15-23(17-24)32(35)36)30-28(33)26-10-7-13-31(26)29(34)37-18-21-8-5-4-6-9-21/h4-6,8-9,11-12,14-17,19,26H,7,10,13,18H2,1-3H3,(H,30,33). The van der Waals surface area contributed by atoms with Crippen molar-refractivity contribution >= 4 is 23.4 Å². The van der Waals surface area contributed by atoms with Crippen LogP contribution >= 0.6 is 0 Å². The zero-order valence-corrected chi connectivity index (χ0v) is 21.7. The molecule has 1 heterocycles. The van der Waals surface area contributed by atoms with Crippen LogP contribution in [0.15, 0.2) is 66.7 Å². The van der Waals surface area contributed by atoms with Crippen LogP contribution in [0.1, 0.15) is 49.3 Å². The Labute approximate surface area is 221 Å². The summed E-state index contributed by atoms with van der Waals surface area (Å²) in [6, 6.07) is 18.5. The molecule has 0 radical (unpaired) electrons. The summed E-state index contributed by atoms with van der Waals surface area (Å²) >= 11 is 0. The molecule has 0 aromatic heterocycles. The molecule has 3 aromatic carbocycles. The quantitative estimate of drug-likeness (QED) is 0.268. The lowest BCUT2D eigenvalue weighted by atomic mass is 10.0. The van der Waals surface area contributed by atoms with E-state index in [2.05, 4.69) is 5.32 Å². The van der Waals surface area contributed by atoms with Crippen molar-refractivity contribution in [1.29, 1.82) is 0 Å². The Kier molecular flexibility index (Phi) is 8.25. The van der Waals surface area contributed by atoms with Crippen molar-refractivity contribution in [3.8, 4) is 11.5 Å². The fraction of sp³-hybridized carbons (Fsp3) is 0.310. The number of nitro benzene ring substituents is 1. The second-order valence-corrected chi connectivity index (χ2v) is 9.65. The number of non-ortho nitro benzene ring substituents is 1. The van der Waals surface area contributed by atoms with E-state index in [1.165, 1.54) is 17.0 Å². The van der Waals surface area contributed by atoms with Crippen LogP contribution < -0.4 is 10.1 Å². The first-order valence-corrected chi connectivity index (χ1v) is 12.6. The number of carbonyl (C=O) groups is 2. The van der Waals surface area contributed by atoms with Crippen molar-refractivity contribution in [2.45, 2.75) is 52.2 Å². The van der Waals surface area contributed by atoms with Crippen LogP contribution in [-0.4, -0.2) is 34.4 Å². The van der Waals surface area contributed by atoms with Crippen molar-refractivity contribution in [3.05, 3.63) is 93.5 Å². The van der Waals surface area contributed by atoms with Crippen LogP contribution in [0.2, 0.25) is 0 Å². The predicted molar refractivity (Wildman–Crippen MR) is 143 cm³/mol. The molecule has 1 unspecified atom stereocenters. The number of nitrogens with zero attached hydrogens (tertiary/aromatic N) is 2. The first kappa shape index (κ1) is 26.7. The van der Waals surface area contributed by atoms with Gasteiger partial charge in [0.1, 0.15) is 24.1 Å². The molecule has 0 aliphatic carbocycles. The number of aryl methyl sites for hydroxylation is 1. The Morgan fingerprint density at radius 2 is 1.87 bits per heavy atom. The first-order valence-electron chi connectivity index (χ1n) is 12.6. The van der Waals surface area contributed by atoms with Crippen LogP contribution in [-0.2, 0) is 16.1 Å². The maximum absolute atomic E-state index is 13.2. The highest BCUT2D eigenvalue weighted by Crippen LogP contribution is 2.35. The molecule has 4 rings (SSSR count). The van der Waals surface area contributed by atoms with Gasteiger partial charge in [-0.2, -0.15) is 0 Å². The number of rotatable bonds is 8. The molecule has 1 aliphatic rings. The number of nitro groups is 1. The second kappa shape index (κ2) is 11.8. The fourth-order valence-electron chi connectivity index (χ4n) is 4.44. The van der Waals surface area contributed by atoms with Gasteiger partial charge in [-0.25, -0.2) is 4.79 Å². The monoisotopic (exact) mass is 517 g/mol. The summed E-state index contributed by atoms with van der Waals surface area (Å²) in [4.78, 5) is 38.4. The highest BCUT2D eigenvalue weighted by Gasteiger charge is 2.35. The van der Waals surface area contributed by atoms with Gasteiger partial charge in [0.2, 0.25) is 5.91 Å². The predicted octanol–water partition coefficient (Wildman–Crippen LogP) is 6.56. The molecule has 1 fully saturated rings. The molecule has 1 N–H and O–H groups in total. The highest BCUT2D eigenvalue weighted by molar-refractivity contribution is 5.97. The van der Waals surface area contributed by atoms with Gasteiger partial charge in [-0.3, -0.25) is 19.8 Å². The maximum Gasteiger partial charge on any atom is 0.410 e. The molecule has 0 bridgehead atoms. The summed E-state index contributed by atoms with van der Waals surface area (Å²) < 4.78 is 11.5. The molecule has 1 aliphatic heterocycles. The molecule has 9 heteroatoms. The maximum atomic E-state index is 13.2. The number of likely N-dealkylation sites (tertiary alicyclic amines) is 1. The van der Waals surface area contributed by atoms with E-state index >= 15 is 0 Å². The average Bonchev–Trinajstić information content (AvgIpc) is 3.38. The van der Waals surface area contributed by atoms with E-state index in [0.29, 0.717) is 25.1 Å².